The molecule has 8 heteroatoms. The van der Waals surface area contributed by atoms with Crippen molar-refractivity contribution in [1.82, 2.24) is 0 Å². The van der Waals surface area contributed by atoms with Gasteiger partial charge in [-0.2, -0.15) is 0 Å². The maximum absolute atomic E-state index is 12.3. The van der Waals surface area contributed by atoms with Gasteiger partial charge in [-0.1, -0.05) is 24.3 Å². The lowest BCUT2D eigenvalue weighted by atomic mass is 9.89. The quantitative estimate of drug-likeness (QED) is 0.235. The van der Waals surface area contributed by atoms with Crippen LogP contribution in [-0.2, 0) is 28.6 Å². The summed E-state index contributed by atoms with van der Waals surface area (Å²) in [5, 5.41) is 0. The number of benzene rings is 2. The number of rotatable bonds is 13. The van der Waals surface area contributed by atoms with E-state index in [1.165, 1.54) is 0 Å². The highest BCUT2D eigenvalue weighted by molar-refractivity contribution is 6.00. The van der Waals surface area contributed by atoms with E-state index in [1.807, 2.05) is 55.5 Å². The molecular formula is C33H40O8. The van der Waals surface area contributed by atoms with Gasteiger partial charge in [-0.25, -0.2) is 0 Å². The van der Waals surface area contributed by atoms with Crippen LogP contribution in [0.5, 0.6) is 11.5 Å². The van der Waals surface area contributed by atoms with Crippen LogP contribution in [0, 0.1) is 23.7 Å². The Morgan fingerprint density at radius 2 is 1.24 bits per heavy atom. The Labute approximate surface area is 241 Å². The molecule has 2 aliphatic carbocycles. The Bertz CT molecular complexity index is 1170. The second kappa shape index (κ2) is 14.0. The number of ether oxygens (including phenoxy) is 5. The topological polar surface area (TPSA) is 97.4 Å². The molecule has 220 valence electrons. The third-order valence-corrected chi connectivity index (χ3v) is 8.27. The van der Waals surface area contributed by atoms with Crippen LogP contribution in [0.15, 0.2) is 48.5 Å². The lowest BCUT2D eigenvalue weighted by Crippen LogP contribution is -2.30. The average molecular weight is 565 g/mol. The Hall–Kier alpha value is -3.39. The second-order valence-electron chi connectivity index (χ2n) is 11.3. The zero-order valence-electron chi connectivity index (χ0n) is 23.8. The number of fused-ring (bicyclic) bond motifs is 1. The Morgan fingerprint density at radius 3 is 1.76 bits per heavy atom. The lowest BCUT2D eigenvalue weighted by Gasteiger charge is -2.25. The monoisotopic (exact) mass is 564 g/mol. The van der Waals surface area contributed by atoms with Crippen molar-refractivity contribution in [2.45, 2.75) is 58.0 Å². The minimum Gasteiger partial charge on any atom is -0.493 e. The van der Waals surface area contributed by atoms with E-state index < -0.39 is 0 Å². The van der Waals surface area contributed by atoms with Gasteiger partial charge in [0.2, 0.25) is 0 Å². The minimum atomic E-state index is -0.176. The van der Waals surface area contributed by atoms with Gasteiger partial charge in [0.25, 0.3) is 0 Å². The SMILES string of the molecule is CC1CC(C(=O)OCCCOc2ccc(-c3ccc(OCCCOC(=O)C4CCC5C(=O)C5C4)cc3)cc2)CCO1. The Balaban J connectivity index is 0.942. The van der Waals surface area contributed by atoms with E-state index in [9.17, 15) is 14.4 Å². The molecule has 1 aliphatic heterocycles. The third kappa shape index (κ3) is 8.09. The summed E-state index contributed by atoms with van der Waals surface area (Å²) in [6.07, 6.45) is 5.08. The molecule has 0 spiro atoms. The number of Topliss-reactive ketones (excluding diaryl/α,β-unsaturated/α-hetero) is 1. The standard InChI is InChI=1S/C33H40O8/c1-22-20-26(14-19-37-22)33(36)41-18-3-16-39-28-11-6-24(7-12-28)23-4-9-27(10-5-23)38-15-2-17-40-32(35)25-8-13-29-30(21-25)31(29)34/h4-7,9-12,22,25-26,29-30H,2-3,8,13-21H2,1H3. The van der Waals surface area contributed by atoms with Crippen LogP contribution in [0.2, 0.25) is 0 Å². The summed E-state index contributed by atoms with van der Waals surface area (Å²) in [6, 6.07) is 15.8. The van der Waals surface area contributed by atoms with Crippen LogP contribution in [-0.4, -0.2) is 56.9 Å². The highest BCUT2D eigenvalue weighted by Gasteiger charge is 2.53. The van der Waals surface area contributed by atoms with Crippen molar-refractivity contribution in [1.29, 1.82) is 0 Å². The van der Waals surface area contributed by atoms with Crippen LogP contribution in [0.25, 0.3) is 11.1 Å². The second-order valence-corrected chi connectivity index (χ2v) is 11.3. The van der Waals surface area contributed by atoms with Crippen LogP contribution < -0.4 is 9.47 Å². The molecule has 3 fully saturated rings. The molecule has 1 heterocycles. The van der Waals surface area contributed by atoms with Gasteiger partial charge in [0.1, 0.15) is 17.3 Å². The van der Waals surface area contributed by atoms with Crippen molar-refractivity contribution >= 4 is 17.7 Å². The summed E-state index contributed by atoms with van der Waals surface area (Å²) in [5.74, 6) is 1.70. The van der Waals surface area contributed by atoms with Crippen molar-refractivity contribution in [2.75, 3.05) is 33.0 Å². The molecule has 2 saturated carbocycles. The maximum Gasteiger partial charge on any atom is 0.309 e. The summed E-state index contributed by atoms with van der Waals surface area (Å²) in [4.78, 5) is 36.0. The smallest absolute Gasteiger partial charge is 0.309 e. The van der Waals surface area contributed by atoms with Gasteiger partial charge in [-0.15, -0.1) is 0 Å². The fraction of sp³-hybridized carbons (Fsp3) is 0.545. The van der Waals surface area contributed by atoms with Crippen LogP contribution in [0.1, 0.15) is 51.9 Å². The number of carbonyl (C=O) groups is 3. The first kappa shape index (κ1) is 29.1. The Morgan fingerprint density at radius 1 is 0.707 bits per heavy atom. The zero-order chi connectivity index (χ0) is 28.6. The van der Waals surface area contributed by atoms with Gasteiger partial charge in [0.15, 0.2) is 0 Å². The number of ketones is 1. The van der Waals surface area contributed by atoms with E-state index in [0.717, 1.165) is 48.3 Å². The largest absolute Gasteiger partial charge is 0.493 e. The highest BCUT2D eigenvalue weighted by Crippen LogP contribution is 2.48. The molecule has 1 saturated heterocycles. The van der Waals surface area contributed by atoms with Gasteiger partial charge in [-0.3, -0.25) is 14.4 Å². The summed E-state index contributed by atoms with van der Waals surface area (Å²) in [5.41, 5.74) is 2.13. The van der Waals surface area contributed by atoms with E-state index in [4.69, 9.17) is 23.7 Å². The molecule has 0 N–H and O–H groups in total. The highest BCUT2D eigenvalue weighted by atomic mass is 16.5. The van der Waals surface area contributed by atoms with Crippen LogP contribution >= 0.6 is 0 Å². The maximum atomic E-state index is 12.3. The molecule has 2 aromatic carbocycles. The lowest BCUT2D eigenvalue weighted by molar-refractivity contribution is -0.153. The van der Waals surface area contributed by atoms with Crippen LogP contribution in [0.4, 0.5) is 0 Å². The van der Waals surface area contributed by atoms with Crippen LogP contribution in [0.3, 0.4) is 0 Å². The van der Waals surface area contributed by atoms with Crippen molar-refractivity contribution in [3.05, 3.63) is 48.5 Å². The van der Waals surface area contributed by atoms with E-state index in [1.54, 1.807) is 0 Å². The van der Waals surface area contributed by atoms with E-state index in [-0.39, 0.29) is 41.7 Å². The number of hydrogen-bond donors (Lipinski definition) is 0. The molecule has 3 aliphatic rings. The molecular weight excluding hydrogens is 524 g/mol. The fourth-order valence-electron chi connectivity index (χ4n) is 5.77. The van der Waals surface area contributed by atoms with Crippen molar-refractivity contribution in [3.8, 4) is 22.6 Å². The van der Waals surface area contributed by atoms with E-state index in [0.29, 0.717) is 58.1 Å². The first-order valence-electron chi connectivity index (χ1n) is 14.9. The van der Waals surface area contributed by atoms with E-state index in [2.05, 4.69) is 0 Å². The normalized spacial score (nSPS) is 25.1. The molecule has 5 atom stereocenters. The van der Waals surface area contributed by atoms with Crippen molar-refractivity contribution in [3.63, 3.8) is 0 Å². The molecule has 8 nitrogen and oxygen atoms in total. The molecule has 0 amide bonds. The molecule has 0 aromatic heterocycles. The summed E-state index contributed by atoms with van der Waals surface area (Å²) in [7, 11) is 0. The summed E-state index contributed by atoms with van der Waals surface area (Å²) >= 11 is 0. The van der Waals surface area contributed by atoms with Gasteiger partial charge in [0.05, 0.1) is 44.4 Å². The summed E-state index contributed by atoms with van der Waals surface area (Å²) < 4.78 is 27.9. The van der Waals surface area contributed by atoms with Gasteiger partial charge >= 0.3 is 11.9 Å². The number of esters is 2. The number of hydrogen-bond acceptors (Lipinski definition) is 8. The molecule has 5 unspecified atom stereocenters. The van der Waals surface area contributed by atoms with Crippen molar-refractivity contribution in [2.24, 2.45) is 23.7 Å². The van der Waals surface area contributed by atoms with Gasteiger partial charge in [0, 0.05) is 31.3 Å². The Kier molecular flexibility index (Phi) is 9.93. The third-order valence-electron chi connectivity index (χ3n) is 8.27. The average Bonchev–Trinajstić information content (AvgIpc) is 3.65. The first-order valence-corrected chi connectivity index (χ1v) is 14.9. The molecule has 2 aromatic rings. The van der Waals surface area contributed by atoms with Gasteiger partial charge < -0.3 is 23.7 Å². The molecule has 0 radical (unpaired) electrons. The fourth-order valence-corrected chi connectivity index (χ4v) is 5.77. The van der Waals surface area contributed by atoms with Gasteiger partial charge in [-0.05, 0) is 74.4 Å². The summed E-state index contributed by atoms with van der Waals surface area (Å²) in [6.45, 7) is 4.22. The first-order chi connectivity index (χ1) is 20.0. The number of carbonyl (C=O) groups excluding carboxylic acids is 3. The predicted molar refractivity (Wildman–Crippen MR) is 151 cm³/mol. The molecule has 41 heavy (non-hydrogen) atoms. The van der Waals surface area contributed by atoms with Crippen molar-refractivity contribution < 1.29 is 38.1 Å². The minimum absolute atomic E-state index is 0.0592. The zero-order valence-corrected chi connectivity index (χ0v) is 23.8. The molecule has 5 rings (SSSR count). The predicted octanol–water partition coefficient (Wildman–Crippen LogP) is 5.41. The molecule has 0 bridgehead atoms. The van der Waals surface area contributed by atoms with E-state index >= 15 is 0 Å².